The highest BCUT2D eigenvalue weighted by Gasteiger charge is 2.19. The van der Waals surface area contributed by atoms with Crippen LogP contribution in [0.2, 0.25) is 0 Å². The number of allylic oxidation sites excluding steroid dienone is 2. The summed E-state index contributed by atoms with van der Waals surface area (Å²) in [6.45, 7) is 13.3. The standard InChI is InChI=1S/C23H32N2/c1-20(2)23-12-10-22(11-13-23)19-25-17-15-24(16-18-25)14-6-9-21-7-4-3-5-8-21/h3-10,23H,1,11-19H2,2H3. The molecule has 0 saturated carbocycles. The van der Waals surface area contributed by atoms with E-state index in [1.54, 1.807) is 5.57 Å². The Morgan fingerprint density at radius 3 is 2.48 bits per heavy atom. The SMILES string of the molecule is C=C(C)C1CC=C(CN2CCN(CC=Cc3ccccc3)CC2)CC1. The third-order valence-corrected chi connectivity index (χ3v) is 5.57. The first-order chi connectivity index (χ1) is 12.2. The van der Waals surface area contributed by atoms with Gasteiger partial charge in [-0.25, -0.2) is 0 Å². The second-order valence-corrected chi connectivity index (χ2v) is 7.57. The highest BCUT2D eigenvalue weighted by molar-refractivity contribution is 5.48. The van der Waals surface area contributed by atoms with Gasteiger partial charge in [0.15, 0.2) is 0 Å². The van der Waals surface area contributed by atoms with Crippen molar-refractivity contribution in [2.75, 3.05) is 39.3 Å². The molecule has 3 rings (SSSR count). The summed E-state index contributed by atoms with van der Waals surface area (Å²) < 4.78 is 0. The van der Waals surface area contributed by atoms with Crippen LogP contribution in [0.1, 0.15) is 31.7 Å². The second kappa shape index (κ2) is 9.17. The molecular formula is C23H32N2. The lowest BCUT2D eigenvalue weighted by atomic mass is 9.85. The van der Waals surface area contributed by atoms with E-state index in [4.69, 9.17) is 0 Å². The molecule has 0 radical (unpaired) electrons. The average Bonchev–Trinajstić information content (AvgIpc) is 2.64. The molecule has 2 aliphatic rings. The van der Waals surface area contributed by atoms with Crippen molar-refractivity contribution in [1.29, 1.82) is 0 Å². The maximum atomic E-state index is 4.12. The van der Waals surface area contributed by atoms with E-state index in [0.29, 0.717) is 0 Å². The molecule has 0 amide bonds. The summed E-state index contributed by atoms with van der Waals surface area (Å²) in [5, 5.41) is 0. The molecule has 1 aliphatic heterocycles. The zero-order chi connectivity index (χ0) is 17.5. The van der Waals surface area contributed by atoms with Crippen LogP contribution in [0.3, 0.4) is 0 Å². The van der Waals surface area contributed by atoms with Crippen molar-refractivity contribution >= 4 is 6.08 Å². The first-order valence-corrected chi connectivity index (χ1v) is 9.70. The maximum Gasteiger partial charge on any atom is 0.0193 e. The van der Waals surface area contributed by atoms with E-state index in [9.17, 15) is 0 Å². The van der Waals surface area contributed by atoms with Gasteiger partial charge in [0.05, 0.1) is 0 Å². The minimum atomic E-state index is 0.719. The first-order valence-electron chi connectivity index (χ1n) is 9.70. The zero-order valence-corrected chi connectivity index (χ0v) is 15.7. The number of hydrogen-bond acceptors (Lipinski definition) is 2. The third-order valence-electron chi connectivity index (χ3n) is 5.57. The van der Waals surface area contributed by atoms with Crippen molar-refractivity contribution in [2.45, 2.75) is 26.2 Å². The molecule has 0 bridgehead atoms. The van der Waals surface area contributed by atoms with Gasteiger partial charge in [0, 0.05) is 39.3 Å². The molecule has 1 fully saturated rings. The largest absolute Gasteiger partial charge is 0.297 e. The molecule has 1 unspecified atom stereocenters. The van der Waals surface area contributed by atoms with Gasteiger partial charge in [-0.1, -0.05) is 66.3 Å². The average molecular weight is 337 g/mol. The molecule has 2 nitrogen and oxygen atoms in total. The van der Waals surface area contributed by atoms with E-state index in [-0.39, 0.29) is 0 Å². The molecule has 2 heteroatoms. The van der Waals surface area contributed by atoms with E-state index in [0.717, 1.165) is 12.5 Å². The van der Waals surface area contributed by atoms with Gasteiger partial charge in [-0.2, -0.15) is 0 Å². The maximum absolute atomic E-state index is 4.12. The van der Waals surface area contributed by atoms with E-state index < -0.39 is 0 Å². The minimum Gasteiger partial charge on any atom is -0.297 e. The Morgan fingerprint density at radius 1 is 1.12 bits per heavy atom. The molecule has 1 heterocycles. The van der Waals surface area contributed by atoms with E-state index in [1.807, 2.05) is 0 Å². The van der Waals surface area contributed by atoms with Gasteiger partial charge in [0.1, 0.15) is 0 Å². The summed E-state index contributed by atoms with van der Waals surface area (Å²) in [5.41, 5.74) is 4.29. The third kappa shape index (κ3) is 5.69. The monoisotopic (exact) mass is 336 g/mol. The quantitative estimate of drug-likeness (QED) is 0.699. The van der Waals surface area contributed by atoms with Gasteiger partial charge in [-0.3, -0.25) is 9.80 Å². The molecule has 0 spiro atoms. The van der Waals surface area contributed by atoms with Crippen LogP contribution in [-0.4, -0.2) is 49.1 Å². The van der Waals surface area contributed by atoms with E-state index >= 15 is 0 Å². The first kappa shape index (κ1) is 18.2. The summed E-state index contributed by atoms with van der Waals surface area (Å²) in [6.07, 6.45) is 10.8. The fourth-order valence-electron chi connectivity index (χ4n) is 3.80. The Balaban J connectivity index is 1.37. The lowest BCUT2D eigenvalue weighted by molar-refractivity contribution is 0.150. The van der Waals surface area contributed by atoms with Gasteiger partial charge in [-0.15, -0.1) is 0 Å². The summed E-state index contributed by atoms with van der Waals surface area (Å²) in [4.78, 5) is 5.19. The molecule has 1 aromatic rings. The molecular weight excluding hydrogens is 304 g/mol. The smallest absolute Gasteiger partial charge is 0.0193 e. The lowest BCUT2D eigenvalue weighted by Gasteiger charge is -2.35. The molecule has 1 aromatic carbocycles. The lowest BCUT2D eigenvalue weighted by Crippen LogP contribution is -2.46. The Bertz CT molecular complexity index is 606. The molecule has 0 N–H and O–H groups in total. The molecule has 1 aliphatic carbocycles. The predicted molar refractivity (Wildman–Crippen MR) is 109 cm³/mol. The topological polar surface area (TPSA) is 6.48 Å². The van der Waals surface area contributed by atoms with Crippen molar-refractivity contribution < 1.29 is 0 Å². The molecule has 1 atom stereocenters. The van der Waals surface area contributed by atoms with Crippen molar-refractivity contribution in [1.82, 2.24) is 9.80 Å². The Kier molecular flexibility index (Phi) is 6.66. The summed E-state index contributed by atoms with van der Waals surface area (Å²) in [7, 11) is 0. The highest BCUT2D eigenvalue weighted by atomic mass is 15.3. The van der Waals surface area contributed by atoms with Gasteiger partial charge in [0.2, 0.25) is 0 Å². The van der Waals surface area contributed by atoms with Crippen LogP contribution in [0.15, 0.2) is 60.2 Å². The van der Waals surface area contributed by atoms with E-state index in [2.05, 4.69) is 71.9 Å². The molecule has 0 aromatic heterocycles. The van der Waals surface area contributed by atoms with Crippen LogP contribution >= 0.6 is 0 Å². The van der Waals surface area contributed by atoms with Gasteiger partial charge in [-0.05, 0) is 37.7 Å². The Morgan fingerprint density at radius 2 is 1.84 bits per heavy atom. The Hall–Kier alpha value is -1.64. The highest BCUT2D eigenvalue weighted by Crippen LogP contribution is 2.28. The molecule has 1 saturated heterocycles. The fraction of sp³-hybridized carbons (Fsp3) is 0.478. The normalized spacial score (nSPS) is 22.9. The number of benzene rings is 1. The van der Waals surface area contributed by atoms with Gasteiger partial charge < -0.3 is 0 Å². The Labute approximate surface area is 153 Å². The second-order valence-electron chi connectivity index (χ2n) is 7.57. The van der Waals surface area contributed by atoms with Crippen LogP contribution in [0.25, 0.3) is 6.08 Å². The van der Waals surface area contributed by atoms with Crippen LogP contribution in [0.5, 0.6) is 0 Å². The van der Waals surface area contributed by atoms with Crippen LogP contribution < -0.4 is 0 Å². The van der Waals surface area contributed by atoms with E-state index in [1.165, 1.54) is 63.1 Å². The number of hydrogen-bond donors (Lipinski definition) is 0. The minimum absolute atomic E-state index is 0.719. The van der Waals surface area contributed by atoms with Crippen molar-refractivity contribution in [2.24, 2.45) is 5.92 Å². The van der Waals surface area contributed by atoms with Gasteiger partial charge >= 0.3 is 0 Å². The number of nitrogens with zero attached hydrogens (tertiary/aromatic N) is 2. The number of piperazine rings is 1. The summed E-state index contributed by atoms with van der Waals surface area (Å²) in [6, 6.07) is 10.6. The van der Waals surface area contributed by atoms with Crippen LogP contribution in [-0.2, 0) is 0 Å². The zero-order valence-electron chi connectivity index (χ0n) is 15.7. The molecule has 134 valence electrons. The van der Waals surface area contributed by atoms with Crippen molar-refractivity contribution in [3.8, 4) is 0 Å². The summed E-state index contributed by atoms with van der Waals surface area (Å²) >= 11 is 0. The van der Waals surface area contributed by atoms with Gasteiger partial charge in [0.25, 0.3) is 0 Å². The van der Waals surface area contributed by atoms with Crippen LogP contribution in [0.4, 0.5) is 0 Å². The van der Waals surface area contributed by atoms with Crippen molar-refractivity contribution in [3.05, 3.63) is 65.8 Å². The summed E-state index contributed by atoms with van der Waals surface area (Å²) in [5.74, 6) is 0.719. The predicted octanol–water partition coefficient (Wildman–Crippen LogP) is 4.62. The number of rotatable bonds is 6. The fourth-order valence-corrected chi connectivity index (χ4v) is 3.80. The van der Waals surface area contributed by atoms with Crippen LogP contribution in [0, 0.1) is 5.92 Å². The van der Waals surface area contributed by atoms with Crippen molar-refractivity contribution in [3.63, 3.8) is 0 Å². The molecule has 25 heavy (non-hydrogen) atoms.